The molecule has 0 fully saturated rings. The summed E-state index contributed by atoms with van der Waals surface area (Å²) in [5.74, 6) is -3.03. The van der Waals surface area contributed by atoms with Crippen molar-refractivity contribution in [3.8, 4) is 0 Å². The summed E-state index contributed by atoms with van der Waals surface area (Å²) in [4.78, 5) is 62.3. The Hall–Kier alpha value is -4.25. The van der Waals surface area contributed by atoms with Crippen molar-refractivity contribution in [3.05, 3.63) is 71.3 Å². The first-order valence-corrected chi connectivity index (χ1v) is 11.7. The van der Waals surface area contributed by atoms with Gasteiger partial charge in [0.25, 0.3) is 11.8 Å². The highest BCUT2D eigenvalue weighted by Gasteiger charge is 2.28. The van der Waals surface area contributed by atoms with E-state index >= 15 is 0 Å². The van der Waals surface area contributed by atoms with Gasteiger partial charge in [0.1, 0.15) is 12.1 Å². The van der Waals surface area contributed by atoms with Crippen LogP contribution in [0.3, 0.4) is 0 Å². The summed E-state index contributed by atoms with van der Waals surface area (Å²) in [6.07, 6.45) is -0.363. The SMILES string of the molecule is C[C@H](NC(=O)[C@H](CC(=O)NC(C)(C)C)NC(=O)c1ccc(C(=O)NO)cc1)C(=O)NCc1ccccc1. The predicted octanol–water partition coefficient (Wildman–Crippen LogP) is 1.03. The van der Waals surface area contributed by atoms with Crippen LogP contribution in [-0.2, 0) is 20.9 Å². The van der Waals surface area contributed by atoms with Crippen molar-refractivity contribution in [3.63, 3.8) is 0 Å². The molecular weight excluding hydrogens is 478 g/mol. The highest BCUT2D eigenvalue weighted by Crippen LogP contribution is 2.07. The molecule has 2 atom stereocenters. The Morgan fingerprint density at radius 1 is 0.811 bits per heavy atom. The summed E-state index contributed by atoms with van der Waals surface area (Å²) in [6.45, 7) is 7.11. The Morgan fingerprint density at radius 2 is 1.38 bits per heavy atom. The minimum Gasteiger partial charge on any atom is -0.351 e. The van der Waals surface area contributed by atoms with Crippen molar-refractivity contribution >= 4 is 29.5 Å². The molecule has 0 aromatic heterocycles. The summed E-state index contributed by atoms with van der Waals surface area (Å²) in [5, 5.41) is 19.3. The average Bonchev–Trinajstić information content (AvgIpc) is 2.85. The Morgan fingerprint density at radius 3 is 1.92 bits per heavy atom. The molecule has 5 amide bonds. The maximum atomic E-state index is 13.0. The molecule has 2 aromatic rings. The fourth-order valence-electron chi connectivity index (χ4n) is 3.26. The molecular formula is C26H33N5O6. The van der Waals surface area contributed by atoms with Crippen molar-refractivity contribution < 1.29 is 29.2 Å². The lowest BCUT2D eigenvalue weighted by atomic mass is 10.1. The number of hydrogen-bond donors (Lipinski definition) is 6. The number of benzene rings is 2. The Balaban J connectivity index is 2.09. The zero-order chi connectivity index (χ0) is 27.6. The lowest BCUT2D eigenvalue weighted by Gasteiger charge is -2.24. The summed E-state index contributed by atoms with van der Waals surface area (Å²) >= 11 is 0. The van der Waals surface area contributed by atoms with Crippen LogP contribution < -0.4 is 26.7 Å². The third kappa shape index (κ3) is 9.73. The number of carbonyl (C=O) groups is 5. The largest absolute Gasteiger partial charge is 0.351 e. The van der Waals surface area contributed by atoms with Gasteiger partial charge in [-0.15, -0.1) is 0 Å². The van der Waals surface area contributed by atoms with Crippen LogP contribution in [0, 0.1) is 0 Å². The fourth-order valence-corrected chi connectivity index (χ4v) is 3.26. The van der Waals surface area contributed by atoms with Crippen molar-refractivity contribution in [2.75, 3.05) is 0 Å². The maximum Gasteiger partial charge on any atom is 0.274 e. The van der Waals surface area contributed by atoms with E-state index in [1.807, 2.05) is 30.3 Å². The van der Waals surface area contributed by atoms with E-state index in [0.29, 0.717) is 0 Å². The Bertz CT molecular complexity index is 1110. The smallest absolute Gasteiger partial charge is 0.274 e. The Kier molecular flexibility index (Phi) is 10.3. The first-order chi connectivity index (χ1) is 17.4. The molecule has 0 unspecified atom stereocenters. The van der Waals surface area contributed by atoms with E-state index in [2.05, 4.69) is 21.3 Å². The normalized spacial score (nSPS) is 12.5. The minimum atomic E-state index is -1.28. The predicted molar refractivity (Wildman–Crippen MR) is 135 cm³/mol. The molecule has 0 heterocycles. The summed E-state index contributed by atoms with van der Waals surface area (Å²) in [5.41, 5.74) is 2.06. The third-order valence-corrected chi connectivity index (χ3v) is 5.10. The first-order valence-electron chi connectivity index (χ1n) is 11.7. The third-order valence-electron chi connectivity index (χ3n) is 5.10. The molecule has 198 valence electrons. The van der Waals surface area contributed by atoms with Crippen molar-refractivity contribution in [2.45, 2.75) is 58.3 Å². The highest BCUT2D eigenvalue weighted by molar-refractivity contribution is 6.01. The van der Waals surface area contributed by atoms with Gasteiger partial charge < -0.3 is 21.3 Å². The molecule has 2 rings (SSSR count). The molecule has 6 N–H and O–H groups in total. The van der Waals surface area contributed by atoms with Gasteiger partial charge in [-0.2, -0.15) is 0 Å². The molecule has 0 aliphatic rings. The number of carbonyl (C=O) groups excluding carboxylic acids is 5. The van der Waals surface area contributed by atoms with Crippen LogP contribution in [-0.4, -0.2) is 52.4 Å². The molecule has 0 bridgehead atoms. The molecule has 0 spiro atoms. The number of nitrogens with one attached hydrogen (secondary N) is 5. The second-order valence-corrected chi connectivity index (χ2v) is 9.48. The van der Waals surface area contributed by atoms with Gasteiger partial charge in [-0.1, -0.05) is 30.3 Å². The van der Waals surface area contributed by atoms with Crippen LogP contribution in [0.2, 0.25) is 0 Å². The van der Waals surface area contributed by atoms with Gasteiger partial charge in [0.2, 0.25) is 17.7 Å². The average molecular weight is 512 g/mol. The topological polar surface area (TPSA) is 166 Å². The van der Waals surface area contributed by atoms with Gasteiger partial charge in [-0.25, -0.2) is 5.48 Å². The van der Waals surface area contributed by atoms with Gasteiger partial charge in [-0.05, 0) is 57.5 Å². The number of amides is 5. The number of hydrogen-bond acceptors (Lipinski definition) is 6. The molecule has 11 nitrogen and oxygen atoms in total. The van der Waals surface area contributed by atoms with E-state index in [9.17, 15) is 24.0 Å². The van der Waals surface area contributed by atoms with E-state index in [-0.39, 0.29) is 24.1 Å². The molecule has 0 saturated heterocycles. The summed E-state index contributed by atoms with van der Waals surface area (Å²) in [7, 11) is 0. The van der Waals surface area contributed by atoms with Gasteiger partial charge in [0, 0.05) is 23.2 Å². The van der Waals surface area contributed by atoms with Gasteiger partial charge in [0.05, 0.1) is 6.42 Å². The highest BCUT2D eigenvalue weighted by atomic mass is 16.5. The molecule has 0 aliphatic carbocycles. The van der Waals surface area contributed by atoms with Crippen LogP contribution in [0.1, 0.15) is 60.4 Å². The van der Waals surface area contributed by atoms with Gasteiger partial charge in [0.15, 0.2) is 0 Å². The van der Waals surface area contributed by atoms with Crippen LogP contribution in [0.25, 0.3) is 0 Å². The molecule has 0 saturated carbocycles. The quantitative estimate of drug-likeness (QED) is 0.206. The van der Waals surface area contributed by atoms with Gasteiger partial charge in [-0.3, -0.25) is 29.2 Å². The Labute approximate surface area is 215 Å². The molecule has 2 aromatic carbocycles. The molecule has 0 aliphatic heterocycles. The number of hydroxylamine groups is 1. The van der Waals surface area contributed by atoms with Crippen LogP contribution in [0.4, 0.5) is 0 Å². The van der Waals surface area contributed by atoms with Crippen LogP contribution >= 0.6 is 0 Å². The fraction of sp³-hybridized carbons (Fsp3) is 0.346. The van der Waals surface area contributed by atoms with E-state index in [0.717, 1.165) is 5.56 Å². The summed E-state index contributed by atoms with van der Waals surface area (Å²) < 4.78 is 0. The lowest BCUT2D eigenvalue weighted by molar-refractivity contribution is -0.131. The minimum absolute atomic E-state index is 0.119. The van der Waals surface area contributed by atoms with Crippen molar-refractivity contribution in [2.24, 2.45) is 0 Å². The zero-order valence-corrected chi connectivity index (χ0v) is 21.3. The van der Waals surface area contributed by atoms with E-state index in [4.69, 9.17) is 5.21 Å². The first kappa shape index (κ1) is 29.0. The van der Waals surface area contributed by atoms with Gasteiger partial charge >= 0.3 is 0 Å². The summed E-state index contributed by atoms with van der Waals surface area (Å²) in [6, 6.07) is 12.4. The van der Waals surface area contributed by atoms with Crippen LogP contribution in [0.15, 0.2) is 54.6 Å². The molecule has 0 radical (unpaired) electrons. The van der Waals surface area contributed by atoms with E-state index < -0.39 is 47.2 Å². The monoisotopic (exact) mass is 511 g/mol. The van der Waals surface area contributed by atoms with Crippen molar-refractivity contribution in [1.82, 2.24) is 26.7 Å². The van der Waals surface area contributed by atoms with Crippen LogP contribution in [0.5, 0.6) is 0 Å². The number of rotatable bonds is 10. The molecule has 37 heavy (non-hydrogen) atoms. The standard InChI is InChI=1S/C26H33N5O6/c1-16(22(33)27-15-17-8-6-5-7-9-17)28-25(36)20(14-21(32)30-26(2,3)4)29-23(34)18-10-12-19(13-11-18)24(35)31-37/h5-13,16,20,37H,14-15H2,1-4H3,(H,27,33)(H,28,36)(H,29,34)(H,30,32)(H,31,35)/t16-,20-/m0/s1. The zero-order valence-electron chi connectivity index (χ0n) is 21.3. The second-order valence-electron chi connectivity index (χ2n) is 9.48. The van der Waals surface area contributed by atoms with E-state index in [1.165, 1.54) is 36.7 Å². The lowest BCUT2D eigenvalue weighted by Crippen LogP contribution is -2.54. The maximum absolute atomic E-state index is 13.0. The van der Waals surface area contributed by atoms with E-state index in [1.54, 1.807) is 20.8 Å². The molecule has 11 heteroatoms. The van der Waals surface area contributed by atoms with Crippen molar-refractivity contribution in [1.29, 1.82) is 0 Å². The second kappa shape index (κ2) is 13.2.